The molecule has 0 saturated heterocycles. The fraction of sp³-hybridized carbons (Fsp3) is 0.111. The molecule has 1 amide bonds. The van der Waals surface area contributed by atoms with Crippen LogP contribution in [0, 0.1) is 0 Å². The second kappa shape index (κ2) is 9.79. The van der Waals surface area contributed by atoms with Crippen molar-refractivity contribution in [2.75, 3.05) is 6.61 Å². The Morgan fingerprint density at radius 3 is 2.19 bits per heavy atom. The summed E-state index contributed by atoms with van der Waals surface area (Å²) in [7, 11) is 0. The summed E-state index contributed by atoms with van der Waals surface area (Å²) < 4.78 is 11.3. The third-order valence-corrected chi connectivity index (χ3v) is 5.02. The Balaban J connectivity index is 1.71. The normalized spacial score (nSPS) is 11.5. The van der Waals surface area contributed by atoms with Gasteiger partial charge in [-0.3, -0.25) is 4.79 Å². The topological polar surface area (TPSA) is 64.6 Å². The molecule has 0 radical (unpaired) electrons. The maximum Gasteiger partial charge on any atom is 0.349 e. The molecule has 4 rings (SSSR count). The minimum absolute atomic E-state index is 0.184. The largest absolute Gasteiger partial charge is 0.482 e. The maximum absolute atomic E-state index is 12.6. The first kappa shape index (κ1) is 21.1. The molecule has 0 unspecified atom stereocenters. The summed E-state index contributed by atoms with van der Waals surface area (Å²) in [6.07, 6.45) is 0. The smallest absolute Gasteiger partial charge is 0.349 e. The molecule has 5 nitrogen and oxygen atoms in total. The Kier molecular flexibility index (Phi) is 6.46. The fourth-order valence-electron chi connectivity index (χ4n) is 3.64. The van der Waals surface area contributed by atoms with Gasteiger partial charge in [0.15, 0.2) is 6.61 Å². The Morgan fingerprint density at radius 2 is 1.47 bits per heavy atom. The Labute approximate surface area is 186 Å². The van der Waals surface area contributed by atoms with E-state index in [4.69, 9.17) is 9.47 Å². The average Bonchev–Trinajstić information content (AvgIpc) is 2.82. The summed E-state index contributed by atoms with van der Waals surface area (Å²) >= 11 is 0. The van der Waals surface area contributed by atoms with E-state index < -0.39 is 12.0 Å². The van der Waals surface area contributed by atoms with Crippen molar-refractivity contribution in [1.29, 1.82) is 0 Å². The monoisotopic (exact) mass is 425 g/mol. The predicted octanol–water partition coefficient (Wildman–Crippen LogP) is 5.05. The van der Waals surface area contributed by atoms with E-state index in [2.05, 4.69) is 5.32 Å². The summed E-state index contributed by atoms with van der Waals surface area (Å²) in [5.74, 6) is 0.257. The Hall–Kier alpha value is -4.12. The third-order valence-electron chi connectivity index (χ3n) is 5.02. The second-order valence-corrected chi connectivity index (χ2v) is 7.32. The summed E-state index contributed by atoms with van der Waals surface area (Å²) in [5, 5.41) is 4.89. The molecule has 0 aliphatic carbocycles. The molecule has 0 aliphatic rings. The Morgan fingerprint density at radius 1 is 0.812 bits per heavy atom. The number of hydrogen-bond donors (Lipinski definition) is 1. The highest BCUT2D eigenvalue weighted by atomic mass is 16.6. The lowest BCUT2D eigenvalue weighted by molar-refractivity contribution is -0.136. The first-order valence-electron chi connectivity index (χ1n) is 10.3. The lowest BCUT2D eigenvalue weighted by Gasteiger charge is -2.23. The van der Waals surface area contributed by atoms with Gasteiger partial charge in [-0.25, -0.2) is 4.79 Å². The maximum atomic E-state index is 12.6. The van der Waals surface area contributed by atoms with E-state index in [1.54, 1.807) is 18.2 Å². The zero-order valence-electron chi connectivity index (χ0n) is 17.7. The highest BCUT2D eigenvalue weighted by molar-refractivity contribution is 5.90. The minimum atomic E-state index is -0.528. The number of benzene rings is 4. The molecule has 0 aliphatic heterocycles. The predicted molar refractivity (Wildman–Crippen MR) is 124 cm³/mol. The van der Waals surface area contributed by atoms with Gasteiger partial charge >= 0.3 is 5.97 Å². The molecule has 0 saturated carbocycles. The molecule has 0 spiro atoms. The molecule has 1 N–H and O–H groups in total. The molecule has 0 aromatic heterocycles. The minimum Gasteiger partial charge on any atom is -0.482 e. The number of para-hydroxylation sites is 1. The molecule has 160 valence electrons. The van der Waals surface area contributed by atoms with Crippen molar-refractivity contribution in [3.05, 3.63) is 108 Å². The molecule has 4 aromatic rings. The van der Waals surface area contributed by atoms with E-state index in [1.165, 1.54) is 6.92 Å². The summed E-state index contributed by atoms with van der Waals surface area (Å²) in [6.45, 7) is 1.24. The molecule has 5 heteroatoms. The van der Waals surface area contributed by atoms with Crippen LogP contribution in [-0.2, 0) is 9.59 Å². The summed E-state index contributed by atoms with van der Waals surface area (Å²) in [4.78, 5) is 24.7. The van der Waals surface area contributed by atoms with Gasteiger partial charge in [-0.1, -0.05) is 78.9 Å². The van der Waals surface area contributed by atoms with E-state index in [-0.39, 0.29) is 12.5 Å². The van der Waals surface area contributed by atoms with Crippen LogP contribution in [0.25, 0.3) is 10.8 Å². The second-order valence-electron chi connectivity index (χ2n) is 7.32. The summed E-state index contributed by atoms with van der Waals surface area (Å²) in [5.41, 5.74) is 1.61. The van der Waals surface area contributed by atoms with Gasteiger partial charge in [-0.05, 0) is 34.5 Å². The highest BCUT2D eigenvalue weighted by Crippen LogP contribution is 2.36. The molecule has 1 atom stereocenters. The average molecular weight is 425 g/mol. The van der Waals surface area contributed by atoms with Gasteiger partial charge in [0.1, 0.15) is 11.5 Å². The van der Waals surface area contributed by atoms with Crippen LogP contribution >= 0.6 is 0 Å². The zero-order valence-corrected chi connectivity index (χ0v) is 17.7. The first-order valence-corrected chi connectivity index (χ1v) is 10.3. The van der Waals surface area contributed by atoms with Crippen LogP contribution in [0.4, 0.5) is 0 Å². The standard InChI is InChI=1S/C27H23NO4/c1-19(29)28-27(21-11-4-2-5-12-21)26-23-15-9-8-10-20(23)16-17-24(26)32-25(30)18-31-22-13-6-3-7-14-22/h2-17,27H,18H2,1H3,(H,28,29)/t27-/m0/s1. The van der Waals surface area contributed by atoms with Gasteiger partial charge in [-0.15, -0.1) is 0 Å². The summed E-state index contributed by atoms with van der Waals surface area (Å²) in [6, 6.07) is 29.7. The van der Waals surface area contributed by atoms with Crippen molar-refractivity contribution < 1.29 is 19.1 Å². The van der Waals surface area contributed by atoms with E-state index >= 15 is 0 Å². The van der Waals surface area contributed by atoms with Crippen LogP contribution in [0.3, 0.4) is 0 Å². The number of esters is 1. The number of carbonyl (C=O) groups excluding carboxylic acids is 2. The third kappa shape index (κ3) is 4.95. The van der Waals surface area contributed by atoms with Crippen LogP contribution < -0.4 is 14.8 Å². The number of rotatable bonds is 7. The van der Waals surface area contributed by atoms with Crippen molar-refractivity contribution in [2.45, 2.75) is 13.0 Å². The number of fused-ring (bicyclic) bond motifs is 1. The zero-order chi connectivity index (χ0) is 22.3. The van der Waals surface area contributed by atoms with E-state index in [0.29, 0.717) is 11.5 Å². The molecule has 0 fully saturated rings. The molecule has 0 heterocycles. The van der Waals surface area contributed by atoms with Crippen molar-refractivity contribution in [2.24, 2.45) is 0 Å². The number of carbonyl (C=O) groups is 2. The number of hydrogen-bond acceptors (Lipinski definition) is 4. The quantitative estimate of drug-likeness (QED) is 0.332. The van der Waals surface area contributed by atoms with E-state index in [1.807, 2.05) is 78.9 Å². The van der Waals surface area contributed by atoms with Crippen molar-refractivity contribution in [3.8, 4) is 11.5 Å². The van der Waals surface area contributed by atoms with Crippen LogP contribution in [-0.4, -0.2) is 18.5 Å². The van der Waals surface area contributed by atoms with Gasteiger partial charge in [0.05, 0.1) is 6.04 Å². The van der Waals surface area contributed by atoms with Gasteiger partial charge in [0.2, 0.25) is 5.91 Å². The first-order chi connectivity index (χ1) is 15.6. The molecule has 4 aromatic carbocycles. The van der Waals surface area contributed by atoms with Crippen LogP contribution in [0.2, 0.25) is 0 Å². The van der Waals surface area contributed by atoms with Crippen molar-refractivity contribution in [1.82, 2.24) is 5.32 Å². The molecule has 32 heavy (non-hydrogen) atoms. The molecular weight excluding hydrogens is 402 g/mol. The molecule has 0 bridgehead atoms. The van der Waals surface area contributed by atoms with Crippen LogP contribution in [0.1, 0.15) is 24.1 Å². The fourth-order valence-corrected chi connectivity index (χ4v) is 3.64. The van der Waals surface area contributed by atoms with Gasteiger partial charge in [0, 0.05) is 12.5 Å². The lowest BCUT2D eigenvalue weighted by Crippen LogP contribution is -2.28. The van der Waals surface area contributed by atoms with E-state index in [9.17, 15) is 9.59 Å². The van der Waals surface area contributed by atoms with Crippen LogP contribution in [0.5, 0.6) is 11.5 Å². The van der Waals surface area contributed by atoms with Crippen molar-refractivity contribution >= 4 is 22.6 Å². The van der Waals surface area contributed by atoms with Crippen molar-refractivity contribution in [3.63, 3.8) is 0 Å². The Bertz CT molecular complexity index is 1220. The number of nitrogens with one attached hydrogen (secondary N) is 1. The van der Waals surface area contributed by atoms with Gasteiger partial charge < -0.3 is 14.8 Å². The molecular formula is C27H23NO4. The van der Waals surface area contributed by atoms with Crippen LogP contribution in [0.15, 0.2) is 97.1 Å². The SMILES string of the molecule is CC(=O)N[C@@H](c1ccccc1)c1c(OC(=O)COc2ccccc2)ccc2ccccc12. The van der Waals surface area contributed by atoms with Gasteiger partial charge in [-0.2, -0.15) is 0 Å². The van der Waals surface area contributed by atoms with E-state index in [0.717, 1.165) is 21.9 Å². The van der Waals surface area contributed by atoms with Gasteiger partial charge in [0.25, 0.3) is 0 Å². The lowest BCUT2D eigenvalue weighted by atomic mass is 9.92. The highest BCUT2D eigenvalue weighted by Gasteiger charge is 2.23. The number of ether oxygens (including phenoxy) is 2. The number of amides is 1.